The second kappa shape index (κ2) is 9.70. The molecule has 0 aliphatic carbocycles. The third kappa shape index (κ3) is 4.39. The van der Waals surface area contributed by atoms with Crippen LogP contribution < -0.4 is 11.1 Å². The van der Waals surface area contributed by atoms with Gasteiger partial charge in [0.15, 0.2) is 11.5 Å². The zero-order chi connectivity index (χ0) is 27.1. The van der Waals surface area contributed by atoms with Crippen LogP contribution in [0.4, 0.5) is 5.82 Å². The van der Waals surface area contributed by atoms with Gasteiger partial charge in [0.2, 0.25) is 0 Å². The van der Waals surface area contributed by atoms with Crippen molar-refractivity contribution in [2.24, 2.45) is 7.05 Å². The highest BCUT2D eigenvalue weighted by molar-refractivity contribution is 7.17. The molecule has 192 valence electrons. The quantitative estimate of drug-likeness (QED) is 0.323. The maximum atomic E-state index is 13.4. The van der Waals surface area contributed by atoms with E-state index in [1.54, 1.807) is 40.7 Å². The van der Waals surface area contributed by atoms with Crippen LogP contribution in [0.15, 0.2) is 66.4 Å². The Hall–Kier alpha value is -5.01. The number of hydrogen-bond acceptors (Lipinski definition) is 7. The summed E-state index contributed by atoms with van der Waals surface area (Å²) in [5.41, 5.74) is 12.9. The van der Waals surface area contributed by atoms with Crippen LogP contribution in [0, 0.1) is 18.8 Å². The van der Waals surface area contributed by atoms with E-state index in [2.05, 4.69) is 38.4 Å². The third-order valence-corrected chi connectivity index (χ3v) is 7.57. The number of aryl methyl sites for hydroxylation is 1. The Kier molecular flexibility index (Phi) is 6.05. The van der Waals surface area contributed by atoms with Gasteiger partial charge in [-0.1, -0.05) is 42.2 Å². The van der Waals surface area contributed by atoms with Crippen LogP contribution in [-0.2, 0) is 7.05 Å². The first-order valence-electron chi connectivity index (χ1n) is 12.3. The summed E-state index contributed by atoms with van der Waals surface area (Å²) in [6.07, 6.45) is 5.08. The van der Waals surface area contributed by atoms with Gasteiger partial charge in [0.25, 0.3) is 5.91 Å². The third-order valence-electron chi connectivity index (χ3n) is 6.65. The van der Waals surface area contributed by atoms with Gasteiger partial charge in [0.05, 0.1) is 45.0 Å². The average Bonchev–Trinajstić information content (AvgIpc) is 3.61. The first-order valence-corrected chi connectivity index (χ1v) is 13.2. The molecule has 9 nitrogen and oxygen atoms in total. The first-order chi connectivity index (χ1) is 18.9. The number of nitrogens with zero attached hydrogens (tertiary/aromatic N) is 6. The number of anilines is 1. The molecule has 6 aromatic rings. The SMILES string of the molecule is Cc1c(C#Cc2csc3cc([C@H](C)NC(=O)c4c(N)nn5cccnc45)c(-c4ccccc4)nc23)cnn1C. The summed E-state index contributed by atoms with van der Waals surface area (Å²) in [4.78, 5) is 22.7. The molecule has 0 saturated carbocycles. The van der Waals surface area contributed by atoms with E-state index in [0.29, 0.717) is 5.65 Å². The van der Waals surface area contributed by atoms with Gasteiger partial charge >= 0.3 is 0 Å². The van der Waals surface area contributed by atoms with Gasteiger partial charge in [-0.2, -0.15) is 5.10 Å². The van der Waals surface area contributed by atoms with E-state index in [-0.39, 0.29) is 23.3 Å². The topological polar surface area (TPSA) is 116 Å². The smallest absolute Gasteiger partial charge is 0.259 e. The van der Waals surface area contributed by atoms with Crippen LogP contribution in [0.5, 0.6) is 0 Å². The van der Waals surface area contributed by atoms with Crippen LogP contribution in [-0.4, -0.2) is 35.3 Å². The Morgan fingerprint density at radius 2 is 1.95 bits per heavy atom. The Labute approximate surface area is 228 Å². The number of fused-ring (bicyclic) bond motifs is 2. The summed E-state index contributed by atoms with van der Waals surface area (Å²) in [5.74, 6) is 6.30. The molecule has 39 heavy (non-hydrogen) atoms. The normalized spacial score (nSPS) is 11.9. The number of carbonyl (C=O) groups excluding carboxylic acids is 1. The first kappa shape index (κ1) is 24.3. The largest absolute Gasteiger partial charge is 0.381 e. The second-order valence-corrected chi connectivity index (χ2v) is 10.1. The minimum absolute atomic E-state index is 0.126. The Morgan fingerprint density at radius 3 is 2.72 bits per heavy atom. The van der Waals surface area contributed by atoms with Crippen molar-refractivity contribution in [2.45, 2.75) is 19.9 Å². The summed E-state index contributed by atoms with van der Waals surface area (Å²) in [7, 11) is 1.90. The Bertz CT molecular complexity index is 1920. The summed E-state index contributed by atoms with van der Waals surface area (Å²) >= 11 is 1.57. The number of benzene rings is 1. The number of rotatable bonds is 4. The number of nitrogens with one attached hydrogen (secondary N) is 1. The van der Waals surface area contributed by atoms with Crippen LogP contribution >= 0.6 is 11.3 Å². The number of nitrogen functional groups attached to an aromatic ring is 1. The highest BCUT2D eigenvalue weighted by Crippen LogP contribution is 2.34. The lowest BCUT2D eigenvalue weighted by atomic mass is 9.99. The van der Waals surface area contributed by atoms with Gasteiger partial charge in [0.1, 0.15) is 5.56 Å². The van der Waals surface area contributed by atoms with Crippen LogP contribution in [0.25, 0.3) is 27.1 Å². The summed E-state index contributed by atoms with van der Waals surface area (Å²) < 4.78 is 4.29. The van der Waals surface area contributed by atoms with E-state index >= 15 is 0 Å². The molecule has 3 N–H and O–H groups in total. The van der Waals surface area contributed by atoms with Crippen LogP contribution in [0.1, 0.15) is 45.7 Å². The molecule has 0 aliphatic rings. The maximum absolute atomic E-state index is 13.4. The van der Waals surface area contributed by atoms with Gasteiger partial charge in [0, 0.05) is 35.9 Å². The Balaban J connectivity index is 1.41. The van der Waals surface area contributed by atoms with E-state index in [9.17, 15) is 4.79 Å². The molecule has 0 aliphatic heterocycles. The molecule has 1 aromatic carbocycles. The van der Waals surface area contributed by atoms with E-state index in [1.807, 2.05) is 56.6 Å². The summed E-state index contributed by atoms with van der Waals surface area (Å²) in [5, 5.41) is 13.6. The molecule has 0 radical (unpaired) electrons. The minimum atomic E-state index is -0.377. The fraction of sp³-hybridized carbons (Fsp3) is 0.138. The standard InChI is InChI=1S/C29H24N8OS/c1-17(33-29(38)24-27(30)35-37-13-7-12-31-28(24)37)22-14-23-26(34-25(22)19-8-5-4-6-9-19)21(16-39-23)11-10-20-15-32-36(3)18(20)2/h4-9,12-17H,1-3H3,(H2,30,35)(H,33,38)/t17-/m0/s1. The zero-order valence-corrected chi connectivity index (χ0v) is 22.3. The molecule has 0 unspecified atom stereocenters. The summed E-state index contributed by atoms with van der Waals surface area (Å²) in [6, 6.07) is 13.4. The molecule has 0 saturated heterocycles. The number of aromatic nitrogens is 6. The van der Waals surface area contributed by atoms with E-state index in [4.69, 9.17) is 10.7 Å². The van der Waals surface area contributed by atoms with Crippen molar-refractivity contribution in [3.8, 4) is 23.1 Å². The van der Waals surface area contributed by atoms with Crippen molar-refractivity contribution in [1.29, 1.82) is 0 Å². The van der Waals surface area contributed by atoms with Crippen LogP contribution in [0.2, 0.25) is 0 Å². The fourth-order valence-electron chi connectivity index (χ4n) is 4.44. The maximum Gasteiger partial charge on any atom is 0.259 e. The number of thiophene rings is 1. The monoisotopic (exact) mass is 532 g/mol. The van der Waals surface area contributed by atoms with Crippen molar-refractivity contribution < 1.29 is 4.79 Å². The van der Waals surface area contributed by atoms with Gasteiger partial charge in [-0.15, -0.1) is 16.4 Å². The molecule has 1 atom stereocenters. The second-order valence-electron chi connectivity index (χ2n) is 9.15. The molecule has 5 heterocycles. The molecule has 1 amide bonds. The lowest BCUT2D eigenvalue weighted by Gasteiger charge is -2.18. The van der Waals surface area contributed by atoms with Crippen molar-refractivity contribution in [1.82, 2.24) is 34.7 Å². The fourth-order valence-corrected chi connectivity index (χ4v) is 5.32. The number of nitrogens with two attached hydrogens (primary N) is 1. The Morgan fingerprint density at radius 1 is 1.15 bits per heavy atom. The van der Waals surface area contributed by atoms with Crippen molar-refractivity contribution in [3.63, 3.8) is 0 Å². The van der Waals surface area contributed by atoms with Crippen LogP contribution in [0.3, 0.4) is 0 Å². The molecule has 5 aromatic heterocycles. The van der Waals surface area contributed by atoms with Crippen molar-refractivity contribution in [3.05, 3.63) is 94.4 Å². The van der Waals surface area contributed by atoms with E-state index < -0.39 is 0 Å². The zero-order valence-electron chi connectivity index (χ0n) is 21.5. The van der Waals surface area contributed by atoms with E-state index in [1.165, 1.54) is 4.52 Å². The van der Waals surface area contributed by atoms with Crippen molar-refractivity contribution >= 4 is 38.9 Å². The molecule has 0 bridgehead atoms. The number of pyridine rings is 1. The molecule has 0 spiro atoms. The van der Waals surface area contributed by atoms with Gasteiger partial charge in [-0.3, -0.25) is 9.48 Å². The van der Waals surface area contributed by atoms with Crippen molar-refractivity contribution in [2.75, 3.05) is 5.73 Å². The summed E-state index contributed by atoms with van der Waals surface area (Å²) in [6.45, 7) is 3.93. The highest BCUT2D eigenvalue weighted by Gasteiger charge is 2.23. The highest BCUT2D eigenvalue weighted by atomic mass is 32.1. The molecule has 6 rings (SSSR count). The molecule has 0 fully saturated rings. The number of carbonyl (C=O) groups is 1. The van der Waals surface area contributed by atoms with Gasteiger partial charge in [-0.05, 0) is 26.0 Å². The predicted molar refractivity (Wildman–Crippen MR) is 152 cm³/mol. The number of hydrogen-bond donors (Lipinski definition) is 2. The predicted octanol–water partition coefficient (Wildman–Crippen LogP) is 4.52. The molecule has 10 heteroatoms. The number of amides is 1. The lowest BCUT2D eigenvalue weighted by Crippen LogP contribution is -2.28. The minimum Gasteiger partial charge on any atom is -0.381 e. The molecular formula is C29H24N8OS. The van der Waals surface area contributed by atoms with Gasteiger partial charge < -0.3 is 11.1 Å². The lowest BCUT2D eigenvalue weighted by molar-refractivity contribution is 0.0942. The average molecular weight is 533 g/mol. The van der Waals surface area contributed by atoms with Gasteiger partial charge in [-0.25, -0.2) is 14.5 Å². The van der Waals surface area contributed by atoms with E-state index in [0.717, 1.165) is 43.9 Å². The molecular weight excluding hydrogens is 508 g/mol.